The molecule has 1 aromatic rings. The maximum absolute atomic E-state index is 12.9. The van der Waals surface area contributed by atoms with E-state index in [1.165, 1.54) is 14.2 Å². The second-order valence-corrected chi connectivity index (χ2v) is 5.61. The predicted octanol–water partition coefficient (Wildman–Crippen LogP) is 1.54. The molecule has 0 bridgehead atoms. The smallest absolute Gasteiger partial charge is 0.256 e. The molecular formula is C15H22N2O4. The molecule has 0 spiro atoms. The van der Waals surface area contributed by atoms with Crippen molar-refractivity contribution in [2.24, 2.45) is 0 Å². The van der Waals surface area contributed by atoms with E-state index in [-0.39, 0.29) is 11.4 Å². The molecule has 1 heterocycles. The van der Waals surface area contributed by atoms with E-state index in [4.69, 9.17) is 19.9 Å². The Balaban J connectivity index is 2.42. The van der Waals surface area contributed by atoms with Gasteiger partial charge in [0.1, 0.15) is 11.5 Å². The Morgan fingerprint density at radius 3 is 2.62 bits per heavy atom. The third-order valence-corrected chi connectivity index (χ3v) is 3.69. The van der Waals surface area contributed by atoms with Gasteiger partial charge >= 0.3 is 0 Å². The van der Waals surface area contributed by atoms with Gasteiger partial charge in [-0.05, 0) is 19.9 Å². The number of methoxy groups -OCH3 is 2. The lowest BCUT2D eigenvalue weighted by Crippen LogP contribution is -2.55. The molecule has 0 aliphatic carbocycles. The number of nitrogens with zero attached hydrogens (tertiary/aromatic N) is 1. The van der Waals surface area contributed by atoms with Crippen molar-refractivity contribution < 1.29 is 19.0 Å². The highest BCUT2D eigenvalue weighted by Gasteiger charge is 2.35. The van der Waals surface area contributed by atoms with Gasteiger partial charge in [0.25, 0.3) is 5.91 Å². The molecule has 0 radical (unpaired) electrons. The molecule has 6 heteroatoms. The van der Waals surface area contributed by atoms with Crippen LogP contribution in [0.4, 0.5) is 5.69 Å². The largest absolute Gasteiger partial charge is 0.497 e. The lowest BCUT2D eigenvalue weighted by Gasteiger charge is -2.42. The predicted molar refractivity (Wildman–Crippen MR) is 79.9 cm³/mol. The molecule has 1 saturated heterocycles. The Morgan fingerprint density at radius 1 is 1.33 bits per heavy atom. The molecule has 2 rings (SSSR count). The lowest BCUT2D eigenvalue weighted by atomic mass is 10.00. The Morgan fingerprint density at radius 2 is 2.05 bits per heavy atom. The Hall–Kier alpha value is -1.95. The minimum atomic E-state index is -0.377. The first kappa shape index (κ1) is 15.4. The van der Waals surface area contributed by atoms with Crippen molar-refractivity contribution in [1.82, 2.24) is 4.90 Å². The number of nitrogens with two attached hydrogens (primary N) is 1. The Bertz CT molecular complexity index is 543. The standard InChI is InChI=1S/C15H22N2O4/c1-15(2)9-21-6-5-17(15)14(18)11-7-10(19-3)8-12(20-4)13(11)16/h7-8H,5-6,9,16H2,1-4H3. The van der Waals surface area contributed by atoms with Crippen LogP contribution >= 0.6 is 0 Å². The maximum Gasteiger partial charge on any atom is 0.256 e. The SMILES string of the molecule is COc1cc(OC)c(N)c(C(=O)N2CCOCC2(C)C)c1. The molecule has 2 N–H and O–H groups in total. The molecule has 0 atom stereocenters. The number of anilines is 1. The second-order valence-electron chi connectivity index (χ2n) is 5.61. The fourth-order valence-electron chi connectivity index (χ4n) is 2.45. The van der Waals surface area contributed by atoms with Crippen LogP contribution < -0.4 is 15.2 Å². The number of rotatable bonds is 3. The number of hydrogen-bond donors (Lipinski definition) is 1. The monoisotopic (exact) mass is 294 g/mol. The minimum absolute atomic E-state index is 0.141. The summed E-state index contributed by atoms with van der Waals surface area (Å²) >= 11 is 0. The van der Waals surface area contributed by atoms with Gasteiger partial charge in [0.05, 0.1) is 44.2 Å². The van der Waals surface area contributed by atoms with Gasteiger partial charge in [0.15, 0.2) is 0 Å². The van der Waals surface area contributed by atoms with Crippen LogP contribution in [0, 0.1) is 0 Å². The van der Waals surface area contributed by atoms with Crippen molar-refractivity contribution in [2.45, 2.75) is 19.4 Å². The van der Waals surface area contributed by atoms with Gasteiger partial charge in [-0.3, -0.25) is 4.79 Å². The quantitative estimate of drug-likeness (QED) is 0.856. The average Bonchev–Trinajstić information content (AvgIpc) is 2.46. The number of ether oxygens (including phenoxy) is 3. The zero-order valence-corrected chi connectivity index (χ0v) is 12.9. The molecule has 0 saturated carbocycles. The van der Waals surface area contributed by atoms with Gasteiger partial charge in [-0.1, -0.05) is 0 Å². The van der Waals surface area contributed by atoms with E-state index in [9.17, 15) is 4.79 Å². The summed E-state index contributed by atoms with van der Waals surface area (Å²) in [5.41, 5.74) is 6.39. The third-order valence-electron chi connectivity index (χ3n) is 3.69. The maximum atomic E-state index is 12.9. The first-order chi connectivity index (χ1) is 9.90. The topological polar surface area (TPSA) is 74.0 Å². The molecule has 116 valence electrons. The number of morpholine rings is 1. The van der Waals surface area contributed by atoms with Crippen molar-refractivity contribution >= 4 is 11.6 Å². The molecule has 0 unspecified atom stereocenters. The van der Waals surface area contributed by atoms with Crippen molar-refractivity contribution in [3.8, 4) is 11.5 Å². The number of carbonyl (C=O) groups is 1. The molecule has 1 aliphatic rings. The van der Waals surface area contributed by atoms with E-state index in [1.54, 1.807) is 17.0 Å². The van der Waals surface area contributed by atoms with Crippen molar-refractivity contribution in [1.29, 1.82) is 0 Å². The minimum Gasteiger partial charge on any atom is -0.497 e. The average molecular weight is 294 g/mol. The molecule has 1 fully saturated rings. The molecule has 6 nitrogen and oxygen atoms in total. The van der Waals surface area contributed by atoms with Crippen molar-refractivity contribution in [3.63, 3.8) is 0 Å². The summed E-state index contributed by atoms with van der Waals surface area (Å²) in [4.78, 5) is 14.6. The Labute approximate surface area is 124 Å². The molecule has 21 heavy (non-hydrogen) atoms. The van der Waals surface area contributed by atoms with Crippen LogP contribution in [0.15, 0.2) is 12.1 Å². The van der Waals surface area contributed by atoms with Gasteiger partial charge in [0, 0.05) is 12.6 Å². The summed E-state index contributed by atoms with van der Waals surface area (Å²) in [6, 6.07) is 3.31. The summed E-state index contributed by atoms with van der Waals surface area (Å²) in [7, 11) is 3.05. The van der Waals surface area contributed by atoms with Gasteiger partial charge in [-0.25, -0.2) is 0 Å². The highest BCUT2D eigenvalue weighted by Crippen LogP contribution is 2.33. The van der Waals surface area contributed by atoms with E-state index in [2.05, 4.69) is 0 Å². The number of hydrogen-bond acceptors (Lipinski definition) is 5. The summed E-state index contributed by atoms with van der Waals surface area (Å²) in [6.45, 7) is 5.50. The zero-order chi connectivity index (χ0) is 15.6. The number of nitrogen functional groups attached to an aromatic ring is 1. The van der Waals surface area contributed by atoms with Crippen molar-refractivity contribution in [3.05, 3.63) is 17.7 Å². The fourth-order valence-corrected chi connectivity index (χ4v) is 2.45. The van der Waals surface area contributed by atoms with E-state index in [1.807, 2.05) is 13.8 Å². The Kier molecular flexibility index (Phi) is 4.27. The van der Waals surface area contributed by atoms with Gasteiger partial charge in [0.2, 0.25) is 0 Å². The first-order valence-corrected chi connectivity index (χ1v) is 6.82. The van der Waals surface area contributed by atoms with Crippen LogP contribution in [-0.4, -0.2) is 50.3 Å². The number of amides is 1. The van der Waals surface area contributed by atoms with Gasteiger partial charge in [-0.2, -0.15) is 0 Å². The van der Waals surface area contributed by atoms with Crippen LogP contribution in [0.1, 0.15) is 24.2 Å². The third kappa shape index (κ3) is 2.90. The van der Waals surface area contributed by atoms with E-state index in [0.29, 0.717) is 42.5 Å². The van der Waals surface area contributed by atoms with Crippen LogP contribution in [-0.2, 0) is 4.74 Å². The number of benzene rings is 1. The van der Waals surface area contributed by atoms with E-state index >= 15 is 0 Å². The van der Waals surface area contributed by atoms with Crippen LogP contribution in [0.3, 0.4) is 0 Å². The van der Waals surface area contributed by atoms with E-state index < -0.39 is 0 Å². The van der Waals surface area contributed by atoms with Crippen LogP contribution in [0.25, 0.3) is 0 Å². The highest BCUT2D eigenvalue weighted by molar-refractivity contribution is 6.01. The molecule has 1 amide bonds. The summed E-state index contributed by atoms with van der Waals surface area (Å²) < 4.78 is 15.9. The van der Waals surface area contributed by atoms with Gasteiger partial charge in [-0.15, -0.1) is 0 Å². The first-order valence-electron chi connectivity index (χ1n) is 6.82. The highest BCUT2D eigenvalue weighted by atomic mass is 16.5. The fraction of sp³-hybridized carbons (Fsp3) is 0.533. The van der Waals surface area contributed by atoms with Crippen LogP contribution in [0.2, 0.25) is 0 Å². The lowest BCUT2D eigenvalue weighted by molar-refractivity contribution is -0.0370. The van der Waals surface area contributed by atoms with Crippen LogP contribution in [0.5, 0.6) is 11.5 Å². The molecular weight excluding hydrogens is 272 g/mol. The van der Waals surface area contributed by atoms with E-state index in [0.717, 1.165) is 0 Å². The summed E-state index contributed by atoms with van der Waals surface area (Å²) in [5.74, 6) is 0.831. The normalized spacial score (nSPS) is 17.4. The summed E-state index contributed by atoms with van der Waals surface area (Å²) in [5, 5.41) is 0. The zero-order valence-electron chi connectivity index (χ0n) is 12.9. The molecule has 0 aromatic heterocycles. The second kappa shape index (κ2) is 5.81. The summed E-state index contributed by atoms with van der Waals surface area (Å²) in [6.07, 6.45) is 0. The van der Waals surface area contributed by atoms with Gasteiger partial charge < -0.3 is 24.8 Å². The molecule has 1 aromatic carbocycles. The molecule has 1 aliphatic heterocycles. The van der Waals surface area contributed by atoms with Crippen molar-refractivity contribution in [2.75, 3.05) is 39.7 Å². The number of carbonyl (C=O) groups excluding carboxylic acids is 1.